The molecule has 0 spiro atoms. The molecule has 3 rings (SSSR count). The first kappa shape index (κ1) is 28.5. The maximum atomic E-state index is 13.0. The first-order valence-electron chi connectivity index (χ1n) is 11.5. The number of halogens is 1. The van der Waals surface area contributed by atoms with E-state index in [0.29, 0.717) is 29.6 Å². The van der Waals surface area contributed by atoms with Gasteiger partial charge in [-0.1, -0.05) is 22.9 Å². The van der Waals surface area contributed by atoms with Crippen molar-refractivity contribution >= 4 is 49.1 Å². The average molecular weight is 560 g/mol. The number of aryl methyl sites for hydroxylation is 1. The third-order valence-electron chi connectivity index (χ3n) is 5.58. The largest absolute Gasteiger partial charge is 0.380 e. The highest BCUT2D eigenvalue weighted by Gasteiger charge is 2.24. The Hall–Kier alpha value is -3.06. The molecule has 0 radical (unpaired) electrons. The van der Waals surface area contributed by atoms with Crippen molar-refractivity contribution in [2.45, 2.75) is 38.1 Å². The van der Waals surface area contributed by atoms with Crippen LogP contribution in [0.2, 0.25) is 5.02 Å². The van der Waals surface area contributed by atoms with E-state index in [1.807, 2.05) is 42.7 Å². The van der Waals surface area contributed by atoms with E-state index in [1.54, 1.807) is 0 Å². The summed E-state index contributed by atoms with van der Waals surface area (Å²) in [6, 6.07) is 13.0. The highest BCUT2D eigenvalue weighted by molar-refractivity contribution is 7.89. The summed E-state index contributed by atoms with van der Waals surface area (Å²) in [7, 11) is -3.93. The van der Waals surface area contributed by atoms with Crippen LogP contribution >= 0.6 is 22.9 Å². The van der Waals surface area contributed by atoms with Crippen molar-refractivity contribution in [3.63, 3.8) is 0 Å². The number of hydrogen-bond donors (Lipinski definition) is 0. The molecule has 0 bridgehead atoms. The Kier molecular flexibility index (Phi) is 9.98. The third-order valence-corrected chi connectivity index (χ3v) is 8.94. The smallest absolute Gasteiger partial charge is 0.279 e. The fourth-order valence-corrected chi connectivity index (χ4v) is 6.39. The van der Waals surface area contributed by atoms with Gasteiger partial charge in [-0.25, -0.2) is 8.42 Å². The molecule has 194 valence electrons. The molecule has 3 aromatic rings. The second-order valence-corrected chi connectivity index (χ2v) is 11.3. The molecule has 2 aromatic carbocycles. The molecule has 1 heterocycles. The summed E-state index contributed by atoms with van der Waals surface area (Å²) < 4.78 is 35.5. The van der Waals surface area contributed by atoms with Crippen LogP contribution in [0, 0.1) is 29.6 Å². The van der Waals surface area contributed by atoms with Crippen molar-refractivity contribution < 1.29 is 17.9 Å². The molecule has 0 fully saturated rings. The highest BCUT2D eigenvalue weighted by atomic mass is 35.5. The van der Waals surface area contributed by atoms with Gasteiger partial charge in [0.05, 0.1) is 33.9 Å². The van der Waals surface area contributed by atoms with Crippen molar-refractivity contribution in [1.29, 1.82) is 10.5 Å². The fourth-order valence-electron chi connectivity index (χ4n) is 3.68. The molecular weight excluding hydrogens is 534 g/mol. The number of aromatic nitrogens is 1. The number of ether oxygens (including phenoxy) is 1. The molecule has 0 aliphatic rings. The second-order valence-electron chi connectivity index (χ2n) is 7.91. The summed E-state index contributed by atoms with van der Waals surface area (Å²) in [6.07, 6.45) is 0.00646. The summed E-state index contributed by atoms with van der Waals surface area (Å²) in [5, 5.41) is 18.3. The zero-order chi connectivity index (χ0) is 27.0. The Labute approximate surface area is 224 Å². The first-order chi connectivity index (χ1) is 17.7. The quantitative estimate of drug-likeness (QED) is 0.323. The topological polar surface area (TPSA) is 129 Å². The van der Waals surface area contributed by atoms with Crippen molar-refractivity contribution in [3.8, 4) is 12.1 Å². The number of amides is 1. The van der Waals surface area contributed by atoms with Gasteiger partial charge in [-0.2, -0.15) is 19.8 Å². The number of benzene rings is 2. The minimum Gasteiger partial charge on any atom is -0.380 e. The molecular formula is C25H26ClN5O4S2. The lowest BCUT2D eigenvalue weighted by molar-refractivity contribution is 0.0996. The summed E-state index contributed by atoms with van der Waals surface area (Å²) in [4.78, 5) is 17.8. The lowest BCUT2D eigenvalue weighted by Gasteiger charge is -2.20. The molecule has 0 aliphatic heterocycles. The minimum atomic E-state index is -3.93. The molecule has 0 saturated heterocycles. The maximum absolute atomic E-state index is 13.0. The SMILES string of the molecule is CCOCCn1c(=NC(=O)c2ccc(S(=O)(=O)N(CCC#N)CCC#N)cc2)sc2ccc(Cl)c(C)c21. The first-order valence-corrected chi connectivity index (χ1v) is 14.2. The van der Waals surface area contributed by atoms with Crippen LogP contribution in [0.1, 0.15) is 35.7 Å². The Morgan fingerprint density at radius 3 is 2.38 bits per heavy atom. The van der Waals surface area contributed by atoms with E-state index < -0.39 is 15.9 Å². The van der Waals surface area contributed by atoms with Crippen molar-refractivity contribution in [2.75, 3.05) is 26.3 Å². The molecule has 0 unspecified atom stereocenters. The monoisotopic (exact) mass is 559 g/mol. The molecule has 0 aliphatic carbocycles. The maximum Gasteiger partial charge on any atom is 0.279 e. The van der Waals surface area contributed by atoms with Gasteiger partial charge < -0.3 is 9.30 Å². The fraction of sp³-hybridized carbons (Fsp3) is 0.360. The van der Waals surface area contributed by atoms with Crippen molar-refractivity contribution in [1.82, 2.24) is 8.87 Å². The second kappa shape index (κ2) is 13.0. The Morgan fingerprint density at radius 1 is 1.14 bits per heavy atom. The summed E-state index contributed by atoms with van der Waals surface area (Å²) in [5.74, 6) is -0.518. The van der Waals surface area contributed by atoms with Crippen LogP contribution in [-0.2, 0) is 21.3 Å². The number of sulfonamides is 1. The number of nitrogens with zero attached hydrogens (tertiary/aromatic N) is 5. The van der Waals surface area contributed by atoms with Gasteiger partial charge in [-0.15, -0.1) is 0 Å². The Balaban J connectivity index is 1.95. The van der Waals surface area contributed by atoms with E-state index in [1.165, 1.54) is 35.6 Å². The van der Waals surface area contributed by atoms with Crippen LogP contribution in [0.15, 0.2) is 46.3 Å². The van der Waals surface area contributed by atoms with E-state index in [-0.39, 0.29) is 36.4 Å². The van der Waals surface area contributed by atoms with Crippen LogP contribution in [0.3, 0.4) is 0 Å². The van der Waals surface area contributed by atoms with E-state index in [4.69, 9.17) is 26.9 Å². The highest BCUT2D eigenvalue weighted by Crippen LogP contribution is 2.27. The lowest BCUT2D eigenvalue weighted by Crippen LogP contribution is -2.32. The summed E-state index contributed by atoms with van der Waals surface area (Å²) in [5.41, 5.74) is 2.00. The summed E-state index contributed by atoms with van der Waals surface area (Å²) >= 11 is 7.70. The summed E-state index contributed by atoms with van der Waals surface area (Å²) in [6.45, 7) is 5.27. The number of fused-ring (bicyclic) bond motifs is 1. The molecule has 9 nitrogen and oxygen atoms in total. The molecule has 0 saturated carbocycles. The molecule has 0 atom stereocenters. The number of rotatable bonds is 11. The number of carbonyl (C=O) groups excluding carboxylic acids is 1. The number of carbonyl (C=O) groups is 1. The van der Waals surface area contributed by atoms with Crippen LogP contribution in [0.5, 0.6) is 0 Å². The van der Waals surface area contributed by atoms with Gasteiger partial charge in [0.2, 0.25) is 10.0 Å². The Morgan fingerprint density at radius 2 is 1.78 bits per heavy atom. The number of nitriles is 2. The minimum absolute atomic E-state index is 0.00323. The molecule has 1 aromatic heterocycles. The van der Waals surface area contributed by atoms with Gasteiger partial charge in [-0.05, 0) is 55.8 Å². The van der Waals surface area contributed by atoms with Gasteiger partial charge in [0.25, 0.3) is 5.91 Å². The molecule has 12 heteroatoms. The average Bonchev–Trinajstić information content (AvgIpc) is 3.23. The van der Waals surface area contributed by atoms with Gasteiger partial charge in [0, 0.05) is 49.7 Å². The van der Waals surface area contributed by atoms with Crippen LogP contribution in [0.25, 0.3) is 10.2 Å². The zero-order valence-corrected chi connectivity index (χ0v) is 22.9. The van der Waals surface area contributed by atoms with E-state index >= 15 is 0 Å². The van der Waals surface area contributed by atoms with Crippen LogP contribution < -0.4 is 4.80 Å². The zero-order valence-electron chi connectivity index (χ0n) is 20.5. The van der Waals surface area contributed by atoms with Crippen molar-refractivity contribution in [3.05, 3.63) is 57.3 Å². The standard InChI is InChI=1S/C25H26ClN5O4S2/c1-3-35-17-16-31-23-18(2)21(26)10-11-22(23)36-25(31)29-24(32)19-6-8-20(9-7-19)37(33,34)30(14-4-12-27)15-5-13-28/h6-11H,3-5,14-17H2,1-2H3. The van der Waals surface area contributed by atoms with E-state index in [0.717, 1.165) is 20.1 Å². The van der Waals surface area contributed by atoms with Gasteiger partial charge in [-0.3, -0.25) is 4.79 Å². The molecule has 0 N–H and O–H groups in total. The number of hydrogen-bond acceptors (Lipinski definition) is 7. The third kappa shape index (κ3) is 6.63. The van der Waals surface area contributed by atoms with E-state index in [2.05, 4.69) is 4.99 Å². The number of thiazole rings is 1. The normalized spacial score (nSPS) is 12.1. The molecule has 1 amide bonds. The van der Waals surface area contributed by atoms with Gasteiger partial charge in [0.1, 0.15) is 0 Å². The van der Waals surface area contributed by atoms with E-state index in [9.17, 15) is 13.2 Å². The predicted molar refractivity (Wildman–Crippen MR) is 142 cm³/mol. The van der Waals surface area contributed by atoms with Gasteiger partial charge >= 0.3 is 0 Å². The molecule has 37 heavy (non-hydrogen) atoms. The Bertz CT molecular complexity index is 1510. The van der Waals surface area contributed by atoms with Crippen LogP contribution in [0.4, 0.5) is 0 Å². The van der Waals surface area contributed by atoms with Crippen LogP contribution in [-0.4, -0.2) is 49.5 Å². The van der Waals surface area contributed by atoms with Crippen molar-refractivity contribution in [2.24, 2.45) is 4.99 Å². The predicted octanol–water partition coefficient (Wildman–Crippen LogP) is 4.26. The van der Waals surface area contributed by atoms with Gasteiger partial charge in [0.15, 0.2) is 4.80 Å². The lowest BCUT2D eigenvalue weighted by atomic mass is 10.2.